The average Bonchev–Trinajstić information content (AvgIpc) is 2.38. The van der Waals surface area contributed by atoms with Crippen LogP contribution in [0.3, 0.4) is 0 Å². The highest BCUT2D eigenvalue weighted by Gasteiger charge is 2.32. The Morgan fingerprint density at radius 1 is 1.44 bits per heavy atom. The van der Waals surface area contributed by atoms with Crippen LogP contribution in [0.25, 0.3) is 10.4 Å². The van der Waals surface area contributed by atoms with Gasteiger partial charge in [0, 0.05) is 4.91 Å². The monoisotopic (exact) mass is 247 g/mol. The van der Waals surface area contributed by atoms with Crippen molar-refractivity contribution in [2.45, 2.75) is 26.3 Å². The van der Waals surface area contributed by atoms with Crippen LogP contribution in [0, 0.1) is 5.41 Å². The third kappa shape index (κ3) is 3.50. The van der Waals surface area contributed by atoms with Crippen LogP contribution in [0.2, 0.25) is 0 Å². The van der Waals surface area contributed by atoms with E-state index in [2.05, 4.69) is 10.0 Å². The van der Waals surface area contributed by atoms with Gasteiger partial charge in [0.15, 0.2) is 0 Å². The summed E-state index contributed by atoms with van der Waals surface area (Å²) in [5.74, 6) is -0.309. The van der Waals surface area contributed by atoms with Gasteiger partial charge in [0.1, 0.15) is 0 Å². The molecule has 5 nitrogen and oxygen atoms in total. The molecule has 0 heterocycles. The van der Waals surface area contributed by atoms with Crippen molar-refractivity contribution in [3.8, 4) is 0 Å². The van der Waals surface area contributed by atoms with E-state index >= 15 is 0 Å². The standard InChI is InChI=1S/C13H17N3O2/c1-13(2,12(17)18-3)9-11(15-16-14)10-7-5-4-6-8-10/h4-8,11H,9H2,1-3H3. The van der Waals surface area contributed by atoms with E-state index in [1.807, 2.05) is 30.3 Å². The van der Waals surface area contributed by atoms with Crippen LogP contribution < -0.4 is 0 Å². The minimum absolute atomic E-state index is 0.309. The van der Waals surface area contributed by atoms with Crippen LogP contribution in [0.1, 0.15) is 31.9 Å². The SMILES string of the molecule is COC(=O)C(C)(C)CC(N=[N+]=[N-])c1ccccc1. The molecule has 0 aliphatic rings. The van der Waals surface area contributed by atoms with Gasteiger partial charge in [-0.05, 0) is 31.4 Å². The molecule has 96 valence electrons. The first-order valence-electron chi connectivity index (χ1n) is 5.69. The Morgan fingerprint density at radius 2 is 2.06 bits per heavy atom. The summed E-state index contributed by atoms with van der Waals surface area (Å²) in [7, 11) is 1.36. The quantitative estimate of drug-likeness (QED) is 0.345. The summed E-state index contributed by atoms with van der Waals surface area (Å²) < 4.78 is 4.76. The van der Waals surface area contributed by atoms with Gasteiger partial charge in [-0.25, -0.2) is 0 Å². The van der Waals surface area contributed by atoms with Gasteiger partial charge in [0.2, 0.25) is 0 Å². The van der Waals surface area contributed by atoms with E-state index in [1.165, 1.54) is 7.11 Å². The Labute approximate surface area is 106 Å². The van der Waals surface area contributed by atoms with Crippen LogP contribution >= 0.6 is 0 Å². The maximum absolute atomic E-state index is 11.6. The van der Waals surface area contributed by atoms with E-state index in [-0.39, 0.29) is 12.0 Å². The Kier molecular flexibility index (Phi) is 4.75. The maximum Gasteiger partial charge on any atom is 0.311 e. The summed E-state index contributed by atoms with van der Waals surface area (Å²) in [6, 6.07) is 9.03. The first-order valence-corrected chi connectivity index (χ1v) is 5.69. The summed E-state index contributed by atoms with van der Waals surface area (Å²) in [4.78, 5) is 14.5. The van der Waals surface area contributed by atoms with Gasteiger partial charge in [-0.3, -0.25) is 4.79 Å². The predicted molar refractivity (Wildman–Crippen MR) is 68.7 cm³/mol. The molecule has 0 saturated carbocycles. The minimum atomic E-state index is -0.691. The van der Waals surface area contributed by atoms with Gasteiger partial charge >= 0.3 is 5.97 Å². The summed E-state index contributed by atoms with van der Waals surface area (Å²) in [5.41, 5.74) is 8.84. The number of carbonyl (C=O) groups excluding carboxylic acids is 1. The lowest BCUT2D eigenvalue weighted by atomic mass is 9.84. The Balaban J connectivity index is 2.95. The number of rotatable bonds is 5. The van der Waals surface area contributed by atoms with Crippen molar-refractivity contribution in [3.05, 3.63) is 46.3 Å². The molecule has 0 saturated heterocycles. The number of azide groups is 1. The van der Waals surface area contributed by atoms with Gasteiger partial charge in [0.05, 0.1) is 18.6 Å². The zero-order valence-electron chi connectivity index (χ0n) is 10.8. The van der Waals surface area contributed by atoms with Crippen molar-refractivity contribution < 1.29 is 9.53 Å². The molecule has 0 aliphatic heterocycles. The first-order chi connectivity index (χ1) is 8.51. The fourth-order valence-electron chi connectivity index (χ4n) is 1.81. The fraction of sp³-hybridized carbons (Fsp3) is 0.462. The molecule has 0 bridgehead atoms. The highest BCUT2D eigenvalue weighted by atomic mass is 16.5. The molecule has 0 aliphatic carbocycles. The largest absolute Gasteiger partial charge is 0.469 e. The molecule has 0 amide bonds. The second-order valence-electron chi connectivity index (χ2n) is 4.71. The van der Waals surface area contributed by atoms with Gasteiger partial charge < -0.3 is 4.74 Å². The second kappa shape index (κ2) is 6.07. The molecule has 0 N–H and O–H groups in total. The maximum atomic E-state index is 11.6. The summed E-state index contributed by atoms with van der Waals surface area (Å²) in [5, 5.41) is 3.77. The van der Waals surface area contributed by atoms with Crippen molar-refractivity contribution in [2.75, 3.05) is 7.11 Å². The Hall–Kier alpha value is -2.00. The Bertz CT molecular complexity index is 451. The molecule has 1 rings (SSSR count). The van der Waals surface area contributed by atoms with E-state index < -0.39 is 5.41 Å². The molecule has 1 atom stereocenters. The number of ether oxygens (including phenoxy) is 1. The second-order valence-corrected chi connectivity index (χ2v) is 4.71. The first kappa shape index (κ1) is 14.1. The van der Waals surface area contributed by atoms with Crippen LogP contribution in [-0.2, 0) is 9.53 Å². The number of esters is 1. The minimum Gasteiger partial charge on any atom is -0.469 e. The van der Waals surface area contributed by atoms with Crippen LogP contribution in [0.4, 0.5) is 0 Å². The summed E-state index contributed by atoms with van der Waals surface area (Å²) in [6.07, 6.45) is 0.410. The number of carbonyl (C=O) groups is 1. The van der Waals surface area contributed by atoms with E-state index in [4.69, 9.17) is 10.3 Å². The van der Waals surface area contributed by atoms with Crippen LogP contribution in [-0.4, -0.2) is 13.1 Å². The third-order valence-corrected chi connectivity index (χ3v) is 2.82. The highest BCUT2D eigenvalue weighted by molar-refractivity contribution is 5.75. The topological polar surface area (TPSA) is 75.1 Å². The van der Waals surface area contributed by atoms with Crippen molar-refractivity contribution in [1.29, 1.82) is 0 Å². The molecule has 1 unspecified atom stereocenters. The molecule has 18 heavy (non-hydrogen) atoms. The number of nitrogens with zero attached hydrogens (tertiary/aromatic N) is 3. The predicted octanol–water partition coefficient (Wildman–Crippen LogP) is 3.63. The smallest absolute Gasteiger partial charge is 0.311 e. The summed E-state index contributed by atoms with van der Waals surface area (Å²) in [6.45, 7) is 3.56. The van der Waals surface area contributed by atoms with Crippen molar-refractivity contribution in [1.82, 2.24) is 0 Å². The van der Waals surface area contributed by atoms with Crippen molar-refractivity contribution >= 4 is 5.97 Å². The average molecular weight is 247 g/mol. The normalized spacial score (nSPS) is 12.4. The van der Waals surface area contributed by atoms with E-state index in [1.54, 1.807) is 13.8 Å². The molecule has 0 fully saturated rings. The molecular formula is C13H17N3O2. The van der Waals surface area contributed by atoms with Gasteiger partial charge in [-0.15, -0.1) is 0 Å². The van der Waals surface area contributed by atoms with Crippen molar-refractivity contribution in [3.63, 3.8) is 0 Å². The third-order valence-electron chi connectivity index (χ3n) is 2.82. The number of hydrogen-bond donors (Lipinski definition) is 0. The van der Waals surface area contributed by atoms with E-state index in [0.29, 0.717) is 6.42 Å². The van der Waals surface area contributed by atoms with Crippen LogP contribution in [0.5, 0.6) is 0 Å². The molecule has 5 heteroatoms. The molecule has 1 aromatic carbocycles. The molecule has 0 aromatic heterocycles. The molecule has 0 radical (unpaired) electrons. The number of methoxy groups -OCH3 is 1. The zero-order chi connectivity index (χ0) is 13.6. The lowest BCUT2D eigenvalue weighted by Crippen LogP contribution is -2.27. The van der Waals surface area contributed by atoms with E-state index in [9.17, 15) is 4.79 Å². The van der Waals surface area contributed by atoms with Crippen molar-refractivity contribution in [2.24, 2.45) is 10.5 Å². The number of hydrogen-bond acceptors (Lipinski definition) is 3. The Morgan fingerprint density at radius 3 is 2.56 bits per heavy atom. The van der Waals surface area contributed by atoms with Crippen LogP contribution in [0.15, 0.2) is 35.4 Å². The zero-order valence-corrected chi connectivity index (χ0v) is 10.8. The van der Waals surface area contributed by atoms with Gasteiger partial charge in [0.25, 0.3) is 0 Å². The number of benzene rings is 1. The molecule has 0 spiro atoms. The molecule has 1 aromatic rings. The molecular weight excluding hydrogens is 230 g/mol. The highest BCUT2D eigenvalue weighted by Crippen LogP contribution is 2.33. The lowest BCUT2D eigenvalue weighted by Gasteiger charge is -2.25. The van der Waals surface area contributed by atoms with Gasteiger partial charge in [-0.1, -0.05) is 35.4 Å². The van der Waals surface area contributed by atoms with Gasteiger partial charge in [-0.2, -0.15) is 0 Å². The lowest BCUT2D eigenvalue weighted by molar-refractivity contribution is -0.151. The van der Waals surface area contributed by atoms with E-state index in [0.717, 1.165) is 5.56 Å². The summed E-state index contributed by atoms with van der Waals surface area (Å²) >= 11 is 0. The fourth-order valence-corrected chi connectivity index (χ4v) is 1.81.